The van der Waals surface area contributed by atoms with E-state index in [9.17, 15) is 0 Å². The fourth-order valence-electron chi connectivity index (χ4n) is 3.06. The molecule has 1 heterocycles. The summed E-state index contributed by atoms with van der Waals surface area (Å²) in [6, 6.07) is 17.8. The first-order chi connectivity index (χ1) is 13.1. The van der Waals surface area contributed by atoms with Gasteiger partial charge in [0, 0.05) is 44.0 Å². The minimum absolute atomic E-state index is 0.381. The average molecular weight is 367 g/mol. The second kappa shape index (κ2) is 9.39. The van der Waals surface area contributed by atoms with E-state index in [1.807, 2.05) is 54.6 Å². The molecule has 0 amide bonds. The molecule has 2 aromatic rings. The molecule has 0 bridgehead atoms. The van der Waals surface area contributed by atoms with Crippen LogP contribution in [0.25, 0.3) is 0 Å². The quantitative estimate of drug-likeness (QED) is 0.607. The number of nitrogens with zero attached hydrogens (tertiary/aromatic N) is 3. The molecule has 1 atom stereocenters. The molecular formula is C21H29N5O. The van der Waals surface area contributed by atoms with Gasteiger partial charge < -0.3 is 20.7 Å². The number of likely N-dealkylation sites (N-methyl/N-ethyl adjacent to an activating group) is 1. The van der Waals surface area contributed by atoms with Crippen molar-refractivity contribution in [3.05, 3.63) is 54.6 Å². The Morgan fingerprint density at radius 3 is 2.52 bits per heavy atom. The van der Waals surface area contributed by atoms with Crippen LogP contribution in [0.4, 0.5) is 5.69 Å². The lowest BCUT2D eigenvalue weighted by Crippen LogP contribution is -2.49. The van der Waals surface area contributed by atoms with E-state index >= 15 is 0 Å². The molecule has 2 aromatic carbocycles. The first-order valence-corrected chi connectivity index (χ1v) is 9.42. The van der Waals surface area contributed by atoms with E-state index in [4.69, 9.17) is 10.5 Å². The molecular weight excluding hydrogens is 338 g/mol. The smallest absolute Gasteiger partial charge is 0.193 e. The highest BCUT2D eigenvalue weighted by Gasteiger charge is 2.18. The van der Waals surface area contributed by atoms with Crippen molar-refractivity contribution in [1.29, 1.82) is 0 Å². The molecule has 1 saturated heterocycles. The van der Waals surface area contributed by atoms with E-state index in [0.29, 0.717) is 18.5 Å². The van der Waals surface area contributed by atoms with Gasteiger partial charge in [0.15, 0.2) is 5.96 Å². The number of nitrogens with two attached hydrogens (primary N) is 1. The minimum atomic E-state index is 0.381. The number of ether oxygens (including phenoxy) is 1. The normalized spacial score (nSPS) is 17.5. The third-order valence-corrected chi connectivity index (χ3v) is 4.77. The van der Waals surface area contributed by atoms with E-state index < -0.39 is 0 Å². The molecule has 6 nitrogen and oxygen atoms in total. The summed E-state index contributed by atoms with van der Waals surface area (Å²) in [5.41, 5.74) is 6.94. The van der Waals surface area contributed by atoms with E-state index in [2.05, 4.69) is 34.1 Å². The van der Waals surface area contributed by atoms with Crippen LogP contribution < -0.4 is 15.8 Å². The maximum Gasteiger partial charge on any atom is 0.193 e. The number of hydrogen-bond acceptors (Lipinski definition) is 4. The number of benzene rings is 2. The Bertz CT molecular complexity index is 741. The summed E-state index contributed by atoms with van der Waals surface area (Å²) in [6.07, 6.45) is 0. The maximum absolute atomic E-state index is 6.08. The van der Waals surface area contributed by atoms with Crippen LogP contribution in [0.1, 0.15) is 6.92 Å². The fraction of sp³-hybridized carbons (Fsp3) is 0.381. The van der Waals surface area contributed by atoms with Crippen LogP contribution in [0.2, 0.25) is 0 Å². The van der Waals surface area contributed by atoms with Crippen LogP contribution in [0.15, 0.2) is 59.6 Å². The topological polar surface area (TPSA) is 66.1 Å². The molecule has 0 spiro atoms. The van der Waals surface area contributed by atoms with Crippen LogP contribution >= 0.6 is 0 Å². The summed E-state index contributed by atoms with van der Waals surface area (Å²) in [4.78, 5) is 9.33. The van der Waals surface area contributed by atoms with Gasteiger partial charge in [0.2, 0.25) is 0 Å². The molecule has 3 rings (SSSR count). The van der Waals surface area contributed by atoms with Crippen LogP contribution in [0.3, 0.4) is 0 Å². The zero-order valence-electron chi connectivity index (χ0n) is 16.1. The molecule has 27 heavy (non-hydrogen) atoms. The van der Waals surface area contributed by atoms with Crippen LogP contribution in [-0.4, -0.2) is 61.6 Å². The lowest BCUT2D eigenvalue weighted by atomic mass is 10.2. The van der Waals surface area contributed by atoms with Crippen LogP contribution in [0, 0.1) is 0 Å². The van der Waals surface area contributed by atoms with Gasteiger partial charge in [-0.05, 0) is 38.2 Å². The Morgan fingerprint density at radius 1 is 1.07 bits per heavy atom. The van der Waals surface area contributed by atoms with E-state index in [0.717, 1.165) is 43.4 Å². The van der Waals surface area contributed by atoms with Crippen LogP contribution in [0.5, 0.6) is 11.5 Å². The monoisotopic (exact) mass is 367 g/mol. The highest BCUT2D eigenvalue weighted by molar-refractivity contribution is 5.92. The molecule has 0 aliphatic carbocycles. The van der Waals surface area contributed by atoms with Crippen molar-refractivity contribution in [2.75, 3.05) is 45.1 Å². The number of hydrogen-bond donors (Lipinski definition) is 2. The van der Waals surface area contributed by atoms with Gasteiger partial charge in [-0.1, -0.05) is 24.3 Å². The molecule has 3 N–H and O–H groups in total. The number of piperazine rings is 1. The zero-order chi connectivity index (χ0) is 19.1. The summed E-state index contributed by atoms with van der Waals surface area (Å²) >= 11 is 0. The molecule has 1 aliphatic heterocycles. The standard InChI is InChI=1S/C21H29N5O/c1-17(26-13-11-25(2)12-14-26)16-23-21(22)24-18-7-6-10-20(15-18)27-19-8-4-3-5-9-19/h3-10,15,17H,11-14,16H2,1-2H3,(H3,22,23,24). The van der Waals surface area contributed by atoms with Crippen LogP contribution in [-0.2, 0) is 0 Å². The molecule has 1 aliphatic rings. The maximum atomic E-state index is 6.08. The number of aliphatic imine (C=N–C) groups is 1. The third kappa shape index (κ3) is 5.98. The SMILES string of the molecule is CC(CN=C(N)Nc1cccc(Oc2ccccc2)c1)N1CCN(C)CC1. The Morgan fingerprint density at radius 2 is 1.78 bits per heavy atom. The van der Waals surface area contributed by atoms with Gasteiger partial charge >= 0.3 is 0 Å². The highest BCUT2D eigenvalue weighted by atomic mass is 16.5. The molecule has 6 heteroatoms. The predicted molar refractivity (Wildman–Crippen MR) is 112 cm³/mol. The second-order valence-electron chi connectivity index (χ2n) is 6.98. The van der Waals surface area contributed by atoms with Gasteiger partial charge in [-0.25, -0.2) is 0 Å². The molecule has 0 saturated carbocycles. The summed E-state index contributed by atoms with van der Waals surface area (Å²) in [5, 5.41) is 3.15. The number of nitrogens with one attached hydrogen (secondary N) is 1. The Hall–Kier alpha value is -2.57. The number of rotatable bonds is 6. The summed E-state index contributed by atoms with van der Waals surface area (Å²) in [5.74, 6) is 1.98. The lowest BCUT2D eigenvalue weighted by molar-refractivity contribution is 0.122. The second-order valence-corrected chi connectivity index (χ2v) is 6.98. The molecule has 144 valence electrons. The Balaban J connectivity index is 1.53. The third-order valence-electron chi connectivity index (χ3n) is 4.77. The fourth-order valence-corrected chi connectivity index (χ4v) is 3.06. The molecule has 1 fully saturated rings. The summed E-state index contributed by atoms with van der Waals surface area (Å²) in [6.45, 7) is 7.27. The average Bonchev–Trinajstić information content (AvgIpc) is 2.68. The van der Waals surface area contributed by atoms with Crippen molar-refractivity contribution in [3.8, 4) is 11.5 Å². The molecule has 0 radical (unpaired) electrons. The van der Waals surface area contributed by atoms with Crippen molar-refractivity contribution >= 4 is 11.6 Å². The van der Waals surface area contributed by atoms with Crippen molar-refractivity contribution < 1.29 is 4.74 Å². The van der Waals surface area contributed by atoms with Gasteiger partial charge in [0.05, 0.1) is 6.54 Å². The zero-order valence-corrected chi connectivity index (χ0v) is 16.1. The number of guanidine groups is 1. The number of anilines is 1. The van der Waals surface area contributed by atoms with E-state index in [1.165, 1.54) is 0 Å². The van der Waals surface area contributed by atoms with Crippen molar-refractivity contribution in [1.82, 2.24) is 9.80 Å². The highest BCUT2D eigenvalue weighted by Crippen LogP contribution is 2.23. The first-order valence-electron chi connectivity index (χ1n) is 9.42. The van der Waals surface area contributed by atoms with Gasteiger partial charge in [0.25, 0.3) is 0 Å². The van der Waals surface area contributed by atoms with Gasteiger partial charge in [-0.15, -0.1) is 0 Å². The van der Waals surface area contributed by atoms with E-state index in [-0.39, 0.29) is 0 Å². The van der Waals surface area contributed by atoms with E-state index in [1.54, 1.807) is 0 Å². The van der Waals surface area contributed by atoms with Crippen molar-refractivity contribution in [2.24, 2.45) is 10.7 Å². The van der Waals surface area contributed by atoms with Gasteiger partial charge in [-0.3, -0.25) is 9.89 Å². The van der Waals surface area contributed by atoms with Gasteiger partial charge in [0.1, 0.15) is 11.5 Å². The predicted octanol–water partition coefficient (Wildman–Crippen LogP) is 2.84. The first kappa shape index (κ1) is 19.2. The summed E-state index contributed by atoms with van der Waals surface area (Å²) < 4.78 is 5.86. The minimum Gasteiger partial charge on any atom is -0.457 e. The Kier molecular flexibility index (Phi) is 6.68. The molecule has 0 aromatic heterocycles. The number of para-hydroxylation sites is 1. The summed E-state index contributed by atoms with van der Waals surface area (Å²) in [7, 11) is 2.16. The van der Waals surface area contributed by atoms with Gasteiger partial charge in [-0.2, -0.15) is 0 Å². The lowest BCUT2D eigenvalue weighted by Gasteiger charge is -2.35. The Labute approximate surface area is 161 Å². The van der Waals surface area contributed by atoms with Crippen molar-refractivity contribution in [2.45, 2.75) is 13.0 Å². The van der Waals surface area contributed by atoms with Crippen molar-refractivity contribution in [3.63, 3.8) is 0 Å². The molecule has 1 unspecified atom stereocenters. The largest absolute Gasteiger partial charge is 0.457 e.